The van der Waals surface area contributed by atoms with Crippen LogP contribution in [-0.2, 0) is 16.0 Å². The lowest BCUT2D eigenvalue weighted by molar-refractivity contribution is -0.155. The number of benzene rings is 1. The van der Waals surface area contributed by atoms with Gasteiger partial charge in [-0.25, -0.2) is 4.79 Å². The van der Waals surface area contributed by atoms with Gasteiger partial charge in [-0.1, -0.05) is 48.9 Å². The fourth-order valence-corrected chi connectivity index (χ4v) is 1.54. The van der Waals surface area contributed by atoms with Crippen LogP contribution in [0.2, 0.25) is 0 Å². The van der Waals surface area contributed by atoms with E-state index in [1.54, 1.807) is 0 Å². The molecule has 0 heterocycles. The van der Waals surface area contributed by atoms with Crippen LogP contribution in [0, 0.1) is 0 Å². The van der Waals surface area contributed by atoms with E-state index in [-0.39, 0.29) is 6.42 Å². The monoisotopic (exact) mass is 242 g/mol. The summed E-state index contributed by atoms with van der Waals surface area (Å²) in [5.41, 5.74) is 0.844. The second-order valence-corrected chi connectivity index (χ2v) is 4.15. The number of carbonyl (C=O) groups is 1. The minimum absolute atomic E-state index is 0.157. The van der Waals surface area contributed by atoms with Crippen LogP contribution in [-0.4, -0.2) is 22.7 Å². The van der Waals surface area contributed by atoms with Gasteiger partial charge in [-0.3, -0.25) is 0 Å². The Morgan fingerprint density at radius 1 is 1.44 bits per heavy atom. The number of aliphatic carboxylic acids is 1. The molecule has 0 aliphatic rings. The third kappa shape index (κ3) is 3.51. The number of ether oxygens (including phenoxy) is 1. The number of hydrogen-bond acceptors (Lipinski definition) is 2. The van der Waals surface area contributed by atoms with Gasteiger partial charge in [0.2, 0.25) is 5.06 Å². The van der Waals surface area contributed by atoms with E-state index in [2.05, 4.69) is 0 Å². The fraction of sp³-hybridized carbons (Fsp3) is 0.417. The van der Waals surface area contributed by atoms with Crippen molar-refractivity contribution in [1.82, 2.24) is 0 Å². The van der Waals surface area contributed by atoms with Crippen molar-refractivity contribution < 1.29 is 14.6 Å². The van der Waals surface area contributed by atoms with Crippen LogP contribution in [0.4, 0.5) is 0 Å². The highest BCUT2D eigenvalue weighted by Crippen LogP contribution is 2.23. The molecule has 0 fully saturated rings. The van der Waals surface area contributed by atoms with Gasteiger partial charge in [-0.05, 0) is 12.0 Å². The molecule has 1 aromatic carbocycles. The molecule has 0 saturated carbocycles. The average Bonchev–Trinajstić information content (AvgIpc) is 2.27. The molecule has 4 heteroatoms. The lowest BCUT2D eigenvalue weighted by Gasteiger charge is -2.22. The molecule has 0 aliphatic carbocycles. The molecule has 0 spiro atoms. The number of alkyl halides is 1. The maximum atomic E-state index is 11.1. The lowest BCUT2D eigenvalue weighted by Crippen LogP contribution is -2.38. The third-order valence-electron chi connectivity index (χ3n) is 2.13. The number of carboxylic acids is 1. The largest absolute Gasteiger partial charge is 0.478 e. The van der Waals surface area contributed by atoms with E-state index < -0.39 is 11.0 Å². The van der Waals surface area contributed by atoms with Crippen LogP contribution in [0.25, 0.3) is 0 Å². The molecule has 0 radical (unpaired) electrons. The van der Waals surface area contributed by atoms with Gasteiger partial charge in [-0.15, -0.1) is 0 Å². The van der Waals surface area contributed by atoms with E-state index in [4.69, 9.17) is 21.4 Å². The summed E-state index contributed by atoms with van der Waals surface area (Å²) >= 11 is 5.97. The molecule has 16 heavy (non-hydrogen) atoms. The Kier molecular flexibility index (Phi) is 4.77. The molecule has 1 N–H and O–H groups in total. The van der Waals surface area contributed by atoms with E-state index in [1.807, 2.05) is 37.3 Å². The maximum absolute atomic E-state index is 11.1. The Labute approximate surface area is 100.0 Å². The van der Waals surface area contributed by atoms with Crippen molar-refractivity contribution in [2.75, 3.05) is 6.61 Å². The summed E-state index contributed by atoms with van der Waals surface area (Å²) in [5, 5.41) is 7.41. The van der Waals surface area contributed by atoms with Gasteiger partial charge in [0, 0.05) is 13.0 Å². The normalized spacial score (nSPS) is 14.4. The van der Waals surface area contributed by atoms with E-state index >= 15 is 0 Å². The second kappa shape index (κ2) is 5.87. The number of hydrogen-bond donors (Lipinski definition) is 1. The van der Waals surface area contributed by atoms with Gasteiger partial charge in [0.05, 0.1) is 0 Å². The first-order valence-corrected chi connectivity index (χ1v) is 5.56. The predicted molar refractivity (Wildman–Crippen MR) is 62.6 cm³/mol. The summed E-state index contributed by atoms with van der Waals surface area (Å²) in [5.74, 6) is -1.15. The van der Waals surface area contributed by atoms with Gasteiger partial charge in [0.25, 0.3) is 0 Å². The Morgan fingerprint density at radius 3 is 2.56 bits per heavy atom. The molecule has 0 aromatic heterocycles. The lowest BCUT2D eigenvalue weighted by atomic mass is 10.1. The summed E-state index contributed by atoms with van der Waals surface area (Å²) in [6.45, 7) is 2.24. The molecular formula is C12H15ClO3. The molecule has 0 aliphatic heterocycles. The Hall–Kier alpha value is -1.06. The van der Waals surface area contributed by atoms with E-state index in [1.165, 1.54) is 0 Å². The van der Waals surface area contributed by atoms with Gasteiger partial charge < -0.3 is 9.84 Å². The van der Waals surface area contributed by atoms with Crippen molar-refractivity contribution >= 4 is 17.6 Å². The summed E-state index contributed by atoms with van der Waals surface area (Å²) < 4.78 is 5.21. The van der Waals surface area contributed by atoms with Crippen LogP contribution in [0.5, 0.6) is 0 Å². The van der Waals surface area contributed by atoms with Crippen LogP contribution in [0.3, 0.4) is 0 Å². The van der Waals surface area contributed by atoms with Crippen molar-refractivity contribution in [2.45, 2.75) is 24.8 Å². The first-order chi connectivity index (χ1) is 7.58. The van der Waals surface area contributed by atoms with Gasteiger partial charge in [0.15, 0.2) is 0 Å². The summed E-state index contributed by atoms with van der Waals surface area (Å²) in [7, 11) is 0. The summed E-state index contributed by atoms with van der Waals surface area (Å²) in [6.07, 6.45) is 0.890. The smallest absolute Gasteiger partial charge is 0.352 e. The number of rotatable bonds is 6. The van der Waals surface area contributed by atoms with Crippen molar-refractivity contribution in [3.63, 3.8) is 0 Å². The van der Waals surface area contributed by atoms with Crippen LogP contribution < -0.4 is 0 Å². The molecule has 0 saturated heterocycles. The zero-order valence-electron chi connectivity index (χ0n) is 9.15. The molecule has 1 aromatic rings. The molecule has 1 unspecified atom stereocenters. The topological polar surface area (TPSA) is 46.5 Å². The first-order valence-electron chi connectivity index (χ1n) is 5.18. The zero-order valence-corrected chi connectivity index (χ0v) is 9.91. The van der Waals surface area contributed by atoms with Crippen molar-refractivity contribution in [3.05, 3.63) is 35.9 Å². The summed E-state index contributed by atoms with van der Waals surface area (Å²) in [6, 6.07) is 9.21. The SMILES string of the molecule is CCCOC(Cl)(Cc1ccccc1)C(=O)O. The third-order valence-corrected chi connectivity index (χ3v) is 2.53. The van der Waals surface area contributed by atoms with Crippen LogP contribution in [0.1, 0.15) is 18.9 Å². The van der Waals surface area contributed by atoms with E-state index in [0.717, 1.165) is 12.0 Å². The highest BCUT2D eigenvalue weighted by molar-refractivity contribution is 6.32. The highest BCUT2D eigenvalue weighted by atomic mass is 35.5. The quantitative estimate of drug-likeness (QED) is 0.781. The molecular weight excluding hydrogens is 228 g/mol. The molecule has 1 atom stereocenters. The number of halogens is 1. The highest BCUT2D eigenvalue weighted by Gasteiger charge is 2.37. The molecule has 0 amide bonds. The van der Waals surface area contributed by atoms with Crippen molar-refractivity contribution in [2.24, 2.45) is 0 Å². The zero-order chi connectivity index (χ0) is 12.0. The molecule has 1 rings (SSSR count). The second-order valence-electron chi connectivity index (χ2n) is 3.54. The van der Waals surface area contributed by atoms with Crippen LogP contribution in [0.15, 0.2) is 30.3 Å². The predicted octanol–water partition coefficient (Wildman–Crippen LogP) is 2.68. The Morgan fingerprint density at radius 2 is 2.06 bits per heavy atom. The Balaban J connectivity index is 2.75. The Bertz CT molecular complexity index is 339. The molecule has 88 valence electrons. The molecule has 3 nitrogen and oxygen atoms in total. The first kappa shape index (κ1) is 13.0. The summed E-state index contributed by atoms with van der Waals surface area (Å²) in [4.78, 5) is 11.1. The standard InChI is InChI=1S/C12H15ClO3/c1-2-8-16-12(13,11(14)15)9-10-6-4-3-5-7-10/h3-7H,2,8-9H2,1H3,(H,14,15). The van der Waals surface area contributed by atoms with Gasteiger partial charge in [0.1, 0.15) is 0 Å². The fourth-order valence-electron chi connectivity index (χ4n) is 1.31. The maximum Gasteiger partial charge on any atom is 0.352 e. The molecule has 0 bridgehead atoms. The van der Waals surface area contributed by atoms with Crippen LogP contribution >= 0.6 is 11.6 Å². The van der Waals surface area contributed by atoms with E-state index in [9.17, 15) is 4.79 Å². The van der Waals surface area contributed by atoms with Gasteiger partial charge in [-0.2, -0.15) is 0 Å². The number of carboxylic acid groups (broad SMARTS) is 1. The van der Waals surface area contributed by atoms with Crippen molar-refractivity contribution in [3.8, 4) is 0 Å². The van der Waals surface area contributed by atoms with Gasteiger partial charge >= 0.3 is 5.97 Å². The minimum atomic E-state index is -1.66. The average molecular weight is 243 g/mol. The van der Waals surface area contributed by atoms with E-state index in [0.29, 0.717) is 6.61 Å². The van der Waals surface area contributed by atoms with Crippen molar-refractivity contribution in [1.29, 1.82) is 0 Å². The minimum Gasteiger partial charge on any atom is -0.478 e.